The lowest BCUT2D eigenvalue weighted by Crippen LogP contribution is -1.95. The first kappa shape index (κ1) is 10.5. The standard InChI is InChI=1S/C11H12N2O3/c1-2-5-13-7-8(6-12-13)9-3-4-10(16-9)11(14)15/h3-4,6-7H,2,5H2,1H3,(H,14,15). The highest BCUT2D eigenvalue weighted by Gasteiger charge is 2.11. The summed E-state index contributed by atoms with van der Waals surface area (Å²) in [5, 5.41) is 12.9. The van der Waals surface area contributed by atoms with Gasteiger partial charge in [0.2, 0.25) is 5.76 Å². The van der Waals surface area contributed by atoms with E-state index in [4.69, 9.17) is 9.52 Å². The van der Waals surface area contributed by atoms with E-state index < -0.39 is 5.97 Å². The lowest BCUT2D eigenvalue weighted by atomic mass is 10.3. The van der Waals surface area contributed by atoms with E-state index in [1.165, 1.54) is 6.07 Å². The fourth-order valence-electron chi connectivity index (χ4n) is 1.45. The van der Waals surface area contributed by atoms with E-state index in [2.05, 4.69) is 12.0 Å². The van der Waals surface area contributed by atoms with Crippen LogP contribution in [-0.2, 0) is 6.54 Å². The number of carbonyl (C=O) groups is 1. The van der Waals surface area contributed by atoms with Gasteiger partial charge in [0.1, 0.15) is 5.76 Å². The first-order valence-electron chi connectivity index (χ1n) is 5.06. The van der Waals surface area contributed by atoms with Gasteiger partial charge in [0.15, 0.2) is 0 Å². The highest BCUT2D eigenvalue weighted by molar-refractivity contribution is 5.85. The smallest absolute Gasteiger partial charge is 0.371 e. The molecule has 1 N–H and O–H groups in total. The second kappa shape index (κ2) is 4.22. The summed E-state index contributed by atoms with van der Waals surface area (Å²) in [7, 11) is 0. The van der Waals surface area contributed by atoms with Crippen molar-refractivity contribution in [3.63, 3.8) is 0 Å². The maximum Gasteiger partial charge on any atom is 0.371 e. The van der Waals surface area contributed by atoms with Crippen molar-refractivity contribution in [1.82, 2.24) is 9.78 Å². The van der Waals surface area contributed by atoms with E-state index in [0.29, 0.717) is 5.76 Å². The Balaban J connectivity index is 2.24. The minimum Gasteiger partial charge on any atom is -0.475 e. The number of rotatable bonds is 4. The predicted octanol–water partition coefficient (Wildman–Crippen LogP) is 2.25. The Hall–Kier alpha value is -2.04. The van der Waals surface area contributed by atoms with Crippen molar-refractivity contribution >= 4 is 5.97 Å². The number of aryl methyl sites for hydroxylation is 1. The molecule has 0 spiro atoms. The van der Waals surface area contributed by atoms with Crippen molar-refractivity contribution in [3.05, 3.63) is 30.3 Å². The number of nitrogens with zero attached hydrogens (tertiary/aromatic N) is 2. The van der Waals surface area contributed by atoms with E-state index in [1.54, 1.807) is 16.9 Å². The van der Waals surface area contributed by atoms with Crippen LogP contribution < -0.4 is 0 Å². The molecular formula is C11H12N2O3. The van der Waals surface area contributed by atoms with Gasteiger partial charge in [-0.3, -0.25) is 4.68 Å². The SMILES string of the molecule is CCCn1cc(-c2ccc(C(=O)O)o2)cn1. The zero-order valence-corrected chi connectivity index (χ0v) is 8.88. The molecule has 84 valence electrons. The number of carboxylic acid groups (broad SMARTS) is 1. The van der Waals surface area contributed by atoms with Gasteiger partial charge in [-0.25, -0.2) is 4.79 Å². The maximum absolute atomic E-state index is 10.6. The molecule has 0 unspecified atom stereocenters. The van der Waals surface area contributed by atoms with Crippen LogP contribution in [0.25, 0.3) is 11.3 Å². The molecular weight excluding hydrogens is 208 g/mol. The van der Waals surface area contributed by atoms with Gasteiger partial charge >= 0.3 is 5.97 Å². The minimum atomic E-state index is -1.06. The first-order chi connectivity index (χ1) is 7.70. The molecule has 0 aliphatic rings. The third kappa shape index (κ3) is 1.98. The monoisotopic (exact) mass is 220 g/mol. The molecule has 0 radical (unpaired) electrons. The zero-order valence-electron chi connectivity index (χ0n) is 8.88. The molecule has 0 saturated heterocycles. The Bertz CT molecular complexity index is 499. The summed E-state index contributed by atoms with van der Waals surface area (Å²) in [5.41, 5.74) is 0.793. The molecule has 0 amide bonds. The molecule has 2 rings (SSSR count). The first-order valence-corrected chi connectivity index (χ1v) is 5.06. The summed E-state index contributed by atoms with van der Waals surface area (Å²) in [6.45, 7) is 2.91. The predicted molar refractivity (Wildman–Crippen MR) is 57.2 cm³/mol. The fourth-order valence-corrected chi connectivity index (χ4v) is 1.45. The number of hydrogen-bond donors (Lipinski definition) is 1. The molecule has 0 saturated carbocycles. The van der Waals surface area contributed by atoms with Crippen molar-refractivity contribution in [2.24, 2.45) is 0 Å². The van der Waals surface area contributed by atoms with Crippen molar-refractivity contribution < 1.29 is 14.3 Å². The highest BCUT2D eigenvalue weighted by Crippen LogP contribution is 2.21. The average Bonchev–Trinajstić information content (AvgIpc) is 2.84. The van der Waals surface area contributed by atoms with Gasteiger partial charge in [0, 0.05) is 12.7 Å². The Morgan fingerprint density at radius 3 is 3.00 bits per heavy atom. The van der Waals surface area contributed by atoms with E-state index in [9.17, 15) is 4.79 Å². The topological polar surface area (TPSA) is 68.3 Å². The van der Waals surface area contributed by atoms with Crippen LogP contribution in [0.4, 0.5) is 0 Å². The molecule has 16 heavy (non-hydrogen) atoms. The third-order valence-corrected chi connectivity index (χ3v) is 2.19. The number of aromatic carboxylic acids is 1. The van der Waals surface area contributed by atoms with Gasteiger partial charge in [0.05, 0.1) is 11.8 Å². The van der Waals surface area contributed by atoms with Crippen LogP contribution in [0.3, 0.4) is 0 Å². The van der Waals surface area contributed by atoms with Crippen molar-refractivity contribution in [2.45, 2.75) is 19.9 Å². The van der Waals surface area contributed by atoms with Crippen molar-refractivity contribution in [3.8, 4) is 11.3 Å². The Kier molecular flexibility index (Phi) is 2.76. The molecule has 0 fully saturated rings. The zero-order chi connectivity index (χ0) is 11.5. The van der Waals surface area contributed by atoms with Crippen LogP contribution >= 0.6 is 0 Å². The Morgan fingerprint density at radius 2 is 2.38 bits per heavy atom. The lowest BCUT2D eigenvalue weighted by Gasteiger charge is -1.94. The van der Waals surface area contributed by atoms with E-state index >= 15 is 0 Å². The van der Waals surface area contributed by atoms with Crippen LogP contribution in [-0.4, -0.2) is 20.9 Å². The maximum atomic E-state index is 10.6. The Morgan fingerprint density at radius 1 is 1.56 bits per heavy atom. The van der Waals surface area contributed by atoms with Crippen LogP contribution in [0.5, 0.6) is 0 Å². The van der Waals surface area contributed by atoms with Crippen LogP contribution in [0, 0.1) is 0 Å². The molecule has 0 atom stereocenters. The second-order valence-corrected chi connectivity index (χ2v) is 3.46. The molecule has 2 aromatic rings. The quantitative estimate of drug-likeness (QED) is 0.858. The molecule has 5 nitrogen and oxygen atoms in total. The van der Waals surface area contributed by atoms with Crippen molar-refractivity contribution in [1.29, 1.82) is 0 Å². The molecule has 0 aliphatic heterocycles. The summed E-state index contributed by atoms with van der Waals surface area (Å²) < 4.78 is 6.97. The van der Waals surface area contributed by atoms with Gasteiger partial charge in [-0.1, -0.05) is 6.92 Å². The summed E-state index contributed by atoms with van der Waals surface area (Å²) in [5.74, 6) is -0.592. The lowest BCUT2D eigenvalue weighted by molar-refractivity contribution is 0.0663. The summed E-state index contributed by atoms with van der Waals surface area (Å²) in [6.07, 6.45) is 4.51. The molecule has 0 bridgehead atoms. The summed E-state index contributed by atoms with van der Waals surface area (Å²) in [4.78, 5) is 10.6. The molecule has 2 aromatic heterocycles. The molecule has 5 heteroatoms. The number of hydrogen-bond acceptors (Lipinski definition) is 3. The van der Waals surface area contributed by atoms with E-state index in [1.807, 2.05) is 6.20 Å². The summed E-state index contributed by atoms with van der Waals surface area (Å²) >= 11 is 0. The van der Waals surface area contributed by atoms with E-state index in [0.717, 1.165) is 18.5 Å². The van der Waals surface area contributed by atoms with E-state index in [-0.39, 0.29) is 5.76 Å². The van der Waals surface area contributed by atoms with Crippen LogP contribution in [0.1, 0.15) is 23.9 Å². The second-order valence-electron chi connectivity index (χ2n) is 3.46. The average molecular weight is 220 g/mol. The van der Waals surface area contributed by atoms with Gasteiger partial charge in [-0.2, -0.15) is 5.10 Å². The van der Waals surface area contributed by atoms with Gasteiger partial charge in [-0.05, 0) is 18.6 Å². The number of furan rings is 1. The minimum absolute atomic E-state index is 0.0572. The highest BCUT2D eigenvalue weighted by atomic mass is 16.4. The van der Waals surface area contributed by atoms with Crippen molar-refractivity contribution in [2.75, 3.05) is 0 Å². The molecule has 2 heterocycles. The number of aromatic nitrogens is 2. The normalized spacial score (nSPS) is 10.6. The largest absolute Gasteiger partial charge is 0.475 e. The number of carboxylic acids is 1. The molecule has 0 aromatic carbocycles. The fraction of sp³-hybridized carbons (Fsp3) is 0.273. The van der Waals surface area contributed by atoms with Gasteiger partial charge < -0.3 is 9.52 Å². The molecule has 0 aliphatic carbocycles. The van der Waals surface area contributed by atoms with Crippen LogP contribution in [0.15, 0.2) is 28.9 Å². The van der Waals surface area contributed by atoms with Gasteiger partial charge in [0.25, 0.3) is 0 Å². The Labute approximate surface area is 92.3 Å². The van der Waals surface area contributed by atoms with Gasteiger partial charge in [-0.15, -0.1) is 0 Å². The summed E-state index contributed by atoms with van der Waals surface area (Å²) in [6, 6.07) is 3.07. The van der Waals surface area contributed by atoms with Crippen LogP contribution in [0.2, 0.25) is 0 Å². The third-order valence-electron chi connectivity index (χ3n) is 2.19.